The first-order valence-electron chi connectivity index (χ1n) is 9.27. The zero-order valence-corrected chi connectivity index (χ0v) is 16.6. The van der Waals surface area contributed by atoms with Crippen LogP contribution in [0.4, 0.5) is 5.69 Å². The van der Waals surface area contributed by atoms with E-state index in [2.05, 4.69) is 4.98 Å². The van der Waals surface area contributed by atoms with Gasteiger partial charge in [0.25, 0.3) is 10.0 Å². The van der Waals surface area contributed by atoms with Crippen molar-refractivity contribution in [2.75, 3.05) is 18.0 Å². The number of benzene rings is 2. The van der Waals surface area contributed by atoms with E-state index in [0.717, 1.165) is 24.3 Å². The van der Waals surface area contributed by atoms with E-state index < -0.39 is 10.0 Å². The average Bonchev–Trinajstić information content (AvgIpc) is 3.45. The molecule has 1 fully saturated rings. The van der Waals surface area contributed by atoms with Crippen LogP contribution in [0.1, 0.15) is 31.6 Å². The van der Waals surface area contributed by atoms with E-state index in [0.29, 0.717) is 29.7 Å². The van der Waals surface area contributed by atoms with Crippen molar-refractivity contribution < 1.29 is 17.6 Å². The molecular formula is C21H22N2O4S. The first-order chi connectivity index (χ1) is 13.5. The summed E-state index contributed by atoms with van der Waals surface area (Å²) in [6.45, 7) is 2.47. The van der Waals surface area contributed by atoms with E-state index in [4.69, 9.17) is 9.15 Å². The number of oxazole rings is 1. The van der Waals surface area contributed by atoms with Gasteiger partial charge < -0.3 is 9.15 Å². The highest BCUT2D eigenvalue weighted by Crippen LogP contribution is 2.40. The second-order valence-corrected chi connectivity index (χ2v) is 8.73. The topological polar surface area (TPSA) is 72.6 Å². The monoisotopic (exact) mass is 398 g/mol. The second kappa shape index (κ2) is 7.31. The molecule has 0 saturated heterocycles. The van der Waals surface area contributed by atoms with Gasteiger partial charge >= 0.3 is 0 Å². The van der Waals surface area contributed by atoms with Gasteiger partial charge in [-0.3, -0.25) is 4.31 Å². The molecule has 1 aliphatic carbocycles. The summed E-state index contributed by atoms with van der Waals surface area (Å²) in [6, 6.07) is 13.6. The third-order valence-corrected chi connectivity index (χ3v) is 6.56. The van der Waals surface area contributed by atoms with Crippen LogP contribution < -0.4 is 9.04 Å². The van der Waals surface area contributed by atoms with Gasteiger partial charge in [-0.15, -0.1) is 0 Å². The highest BCUT2D eigenvalue weighted by atomic mass is 32.2. The maximum atomic E-state index is 13.0. The van der Waals surface area contributed by atoms with Gasteiger partial charge in [0, 0.05) is 18.5 Å². The molecule has 1 heterocycles. The van der Waals surface area contributed by atoms with Gasteiger partial charge in [-0.05, 0) is 68.3 Å². The van der Waals surface area contributed by atoms with Crippen molar-refractivity contribution >= 4 is 15.7 Å². The molecule has 0 radical (unpaired) electrons. The van der Waals surface area contributed by atoms with E-state index in [-0.39, 0.29) is 4.90 Å². The van der Waals surface area contributed by atoms with Gasteiger partial charge in [0.15, 0.2) is 11.7 Å². The summed E-state index contributed by atoms with van der Waals surface area (Å²) in [7, 11) is -2.13. The lowest BCUT2D eigenvalue weighted by Crippen LogP contribution is -2.26. The molecule has 4 rings (SSSR count). The largest absolute Gasteiger partial charge is 0.494 e. The van der Waals surface area contributed by atoms with Crippen LogP contribution in [-0.2, 0) is 10.0 Å². The zero-order valence-electron chi connectivity index (χ0n) is 15.8. The number of rotatable bonds is 7. The summed E-state index contributed by atoms with van der Waals surface area (Å²) in [5.74, 6) is 2.57. The minimum absolute atomic E-state index is 0.217. The molecule has 28 heavy (non-hydrogen) atoms. The van der Waals surface area contributed by atoms with E-state index in [1.165, 1.54) is 11.4 Å². The molecule has 0 unspecified atom stereocenters. The molecule has 1 aliphatic rings. The lowest BCUT2D eigenvalue weighted by Gasteiger charge is -2.20. The third-order valence-electron chi connectivity index (χ3n) is 4.76. The summed E-state index contributed by atoms with van der Waals surface area (Å²) in [6.07, 6.45) is 3.94. The van der Waals surface area contributed by atoms with Crippen molar-refractivity contribution in [1.82, 2.24) is 4.98 Å². The molecule has 2 aromatic carbocycles. The first-order valence-corrected chi connectivity index (χ1v) is 10.7. The molecule has 0 atom stereocenters. The lowest BCUT2D eigenvalue weighted by atomic mass is 10.2. The van der Waals surface area contributed by atoms with Crippen molar-refractivity contribution in [2.24, 2.45) is 0 Å². The molecule has 7 heteroatoms. The van der Waals surface area contributed by atoms with Crippen LogP contribution in [0.3, 0.4) is 0 Å². The second-order valence-electron chi connectivity index (χ2n) is 6.76. The first kappa shape index (κ1) is 18.6. The summed E-state index contributed by atoms with van der Waals surface area (Å²) in [5, 5.41) is 0. The SMILES string of the molecule is CCOc1ccc(N(C)S(=O)(=O)c2ccc(-c3cnc(C4CC4)o3)cc2)cc1. The van der Waals surface area contributed by atoms with E-state index >= 15 is 0 Å². The molecule has 0 amide bonds. The maximum absolute atomic E-state index is 13.0. The number of ether oxygens (including phenoxy) is 1. The van der Waals surface area contributed by atoms with E-state index in [9.17, 15) is 8.42 Å². The van der Waals surface area contributed by atoms with Crippen LogP contribution in [0.15, 0.2) is 64.0 Å². The van der Waals surface area contributed by atoms with Crippen molar-refractivity contribution in [2.45, 2.75) is 30.6 Å². The van der Waals surface area contributed by atoms with E-state index in [1.54, 1.807) is 54.7 Å². The van der Waals surface area contributed by atoms with Crippen LogP contribution in [0.25, 0.3) is 11.3 Å². The van der Waals surface area contributed by atoms with Gasteiger partial charge in [0.2, 0.25) is 0 Å². The predicted octanol–water partition coefficient (Wildman–Crippen LogP) is 4.44. The molecular weight excluding hydrogens is 376 g/mol. The molecule has 6 nitrogen and oxygen atoms in total. The zero-order chi connectivity index (χ0) is 19.7. The maximum Gasteiger partial charge on any atom is 0.264 e. The molecule has 3 aromatic rings. The van der Waals surface area contributed by atoms with Crippen LogP contribution >= 0.6 is 0 Å². The van der Waals surface area contributed by atoms with E-state index in [1.807, 2.05) is 6.92 Å². The predicted molar refractivity (Wildman–Crippen MR) is 107 cm³/mol. The van der Waals surface area contributed by atoms with Gasteiger partial charge in [-0.25, -0.2) is 13.4 Å². The fourth-order valence-electron chi connectivity index (χ4n) is 2.95. The molecule has 0 N–H and O–H groups in total. The van der Waals surface area contributed by atoms with Gasteiger partial charge in [0.1, 0.15) is 5.75 Å². The summed E-state index contributed by atoms with van der Waals surface area (Å²) >= 11 is 0. The Balaban J connectivity index is 1.54. The van der Waals surface area contributed by atoms with Crippen molar-refractivity contribution in [3.05, 3.63) is 60.6 Å². The number of sulfonamides is 1. The fraction of sp³-hybridized carbons (Fsp3) is 0.286. The van der Waals surface area contributed by atoms with Crippen LogP contribution in [0, 0.1) is 0 Å². The Hall–Kier alpha value is -2.80. The molecule has 146 valence electrons. The quantitative estimate of drug-likeness (QED) is 0.588. The Morgan fingerprint density at radius 1 is 1.11 bits per heavy atom. The Morgan fingerprint density at radius 2 is 1.79 bits per heavy atom. The fourth-order valence-corrected chi connectivity index (χ4v) is 4.14. The van der Waals surface area contributed by atoms with Crippen LogP contribution in [0.2, 0.25) is 0 Å². The van der Waals surface area contributed by atoms with Gasteiger partial charge in [-0.1, -0.05) is 0 Å². The van der Waals surface area contributed by atoms with Gasteiger partial charge in [0.05, 0.1) is 23.4 Å². The van der Waals surface area contributed by atoms with Crippen molar-refractivity contribution in [3.63, 3.8) is 0 Å². The van der Waals surface area contributed by atoms with Crippen molar-refractivity contribution in [3.8, 4) is 17.1 Å². The Kier molecular flexibility index (Phi) is 4.85. The Morgan fingerprint density at radius 3 is 2.39 bits per heavy atom. The number of aromatic nitrogens is 1. The number of nitrogens with zero attached hydrogens (tertiary/aromatic N) is 2. The molecule has 0 aliphatic heterocycles. The summed E-state index contributed by atoms with van der Waals surface area (Å²) < 4.78 is 38.4. The Bertz CT molecular complexity index is 1050. The molecule has 0 spiro atoms. The summed E-state index contributed by atoms with van der Waals surface area (Å²) in [5.41, 5.74) is 1.37. The minimum Gasteiger partial charge on any atom is -0.494 e. The minimum atomic E-state index is -3.67. The number of hydrogen-bond acceptors (Lipinski definition) is 5. The summed E-state index contributed by atoms with van der Waals surface area (Å²) in [4.78, 5) is 4.53. The van der Waals surface area contributed by atoms with Crippen LogP contribution in [-0.4, -0.2) is 27.1 Å². The third kappa shape index (κ3) is 3.62. The number of anilines is 1. The molecule has 1 aromatic heterocycles. The van der Waals surface area contributed by atoms with Crippen molar-refractivity contribution in [1.29, 1.82) is 0 Å². The average molecular weight is 398 g/mol. The highest BCUT2D eigenvalue weighted by molar-refractivity contribution is 7.92. The van der Waals surface area contributed by atoms with Crippen LogP contribution in [0.5, 0.6) is 5.75 Å². The highest BCUT2D eigenvalue weighted by Gasteiger charge is 2.28. The number of hydrogen-bond donors (Lipinski definition) is 0. The lowest BCUT2D eigenvalue weighted by molar-refractivity contribution is 0.340. The normalized spacial score (nSPS) is 14.1. The van der Waals surface area contributed by atoms with Gasteiger partial charge in [-0.2, -0.15) is 0 Å². The standard InChI is InChI=1S/C21H22N2O4S/c1-3-26-18-10-8-17(9-11-18)23(2)28(24,25)19-12-6-15(7-13-19)20-14-22-21(27-20)16-4-5-16/h6-14,16H,3-5H2,1-2H3. The smallest absolute Gasteiger partial charge is 0.264 e. The molecule has 1 saturated carbocycles. The molecule has 0 bridgehead atoms. The Labute approximate surface area is 164 Å².